The van der Waals surface area contributed by atoms with Crippen molar-refractivity contribution in [1.82, 2.24) is 10.3 Å². The largest absolute Gasteiger partial charge is 0.395 e. The van der Waals surface area contributed by atoms with E-state index < -0.39 is 4.75 Å². The lowest BCUT2D eigenvalue weighted by Crippen LogP contribution is -2.26. The minimum absolute atomic E-state index is 0.0974. The van der Waals surface area contributed by atoms with Gasteiger partial charge in [-0.2, -0.15) is 0 Å². The molecule has 0 aliphatic heterocycles. The Hall–Kier alpha value is -3.19. The van der Waals surface area contributed by atoms with Gasteiger partial charge in [-0.05, 0) is 28.2 Å². The monoisotopic (exact) mass is 472 g/mol. The molecule has 4 rings (SSSR count). The SMILES string of the molecule is O=C(NCCO)c1csc(/C=C\SC(c2ccccc2)(c2ccccc2)c2ccccc2)n1. The van der Waals surface area contributed by atoms with E-state index in [1.807, 2.05) is 24.3 Å². The van der Waals surface area contributed by atoms with Gasteiger partial charge in [-0.15, -0.1) is 23.1 Å². The smallest absolute Gasteiger partial charge is 0.270 e. The maximum absolute atomic E-state index is 12.1. The number of thioether (sulfide) groups is 1. The van der Waals surface area contributed by atoms with Crippen LogP contribution in [0.2, 0.25) is 0 Å². The molecule has 4 aromatic rings. The first kappa shape index (κ1) is 23.0. The van der Waals surface area contributed by atoms with Gasteiger partial charge in [0, 0.05) is 11.9 Å². The first-order valence-electron chi connectivity index (χ1n) is 10.6. The predicted molar refractivity (Wildman–Crippen MR) is 137 cm³/mol. The van der Waals surface area contributed by atoms with Gasteiger partial charge in [-0.3, -0.25) is 4.79 Å². The number of nitrogens with one attached hydrogen (secondary N) is 1. The lowest BCUT2D eigenvalue weighted by molar-refractivity contribution is 0.0940. The Labute approximate surface area is 202 Å². The zero-order valence-corrected chi connectivity index (χ0v) is 19.6. The third-order valence-electron chi connectivity index (χ3n) is 5.15. The van der Waals surface area contributed by atoms with E-state index in [1.54, 1.807) is 17.1 Å². The second-order valence-corrected chi connectivity index (χ2v) is 9.26. The Morgan fingerprint density at radius 3 is 1.91 bits per heavy atom. The van der Waals surface area contributed by atoms with Crippen molar-refractivity contribution in [2.75, 3.05) is 13.2 Å². The van der Waals surface area contributed by atoms with Crippen LogP contribution in [0, 0.1) is 0 Å². The van der Waals surface area contributed by atoms with E-state index in [4.69, 9.17) is 5.11 Å². The molecule has 0 unspecified atom stereocenters. The van der Waals surface area contributed by atoms with E-state index in [2.05, 4.69) is 88.5 Å². The van der Waals surface area contributed by atoms with Crippen molar-refractivity contribution in [2.24, 2.45) is 0 Å². The highest BCUT2D eigenvalue weighted by atomic mass is 32.2. The Morgan fingerprint density at radius 1 is 0.909 bits per heavy atom. The minimum Gasteiger partial charge on any atom is -0.395 e. The molecule has 0 fully saturated rings. The molecule has 166 valence electrons. The molecule has 1 amide bonds. The van der Waals surface area contributed by atoms with Gasteiger partial charge < -0.3 is 10.4 Å². The number of aliphatic hydroxyl groups is 1. The maximum atomic E-state index is 12.1. The number of nitrogens with zero attached hydrogens (tertiary/aromatic N) is 1. The molecule has 0 aliphatic rings. The number of hydrogen-bond donors (Lipinski definition) is 2. The Balaban J connectivity index is 1.71. The number of carbonyl (C=O) groups is 1. The maximum Gasteiger partial charge on any atom is 0.270 e. The van der Waals surface area contributed by atoms with Crippen LogP contribution in [-0.2, 0) is 4.75 Å². The summed E-state index contributed by atoms with van der Waals surface area (Å²) >= 11 is 3.12. The van der Waals surface area contributed by atoms with Gasteiger partial charge in [0.15, 0.2) is 0 Å². The van der Waals surface area contributed by atoms with Crippen LogP contribution in [0.1, 0.15) is 32.2 Å². The Kier molecular flexibility index (Phi) is 7.73. The van der Waals surface area contributed by atoms with Crippen molar-refractivity contribution >= 4 is 35.1 Å². The molecule has 1 aromatic heterocycles. The lowest BCUT2D eigenvalue weighted by atomic mass is 9.84. The number of thiazole rings is 1. The van der Waals surface area contributed by atoms with E-state index in [-0.39, 0.29) is 19.1 Å². The summed E-state index contributed by atoms with van der Waals surface area (Å²) in [5.74, 6) is -0.278. The van der Waals surface area contributed by atoms with Crippen molar-refractivity contribution in [3.8, 4) is 0 Å². The summed E-state index contributed by atoms with van der Waals surface area (Å²) in [6.07, 6.45) is 1.95. The molecule has 0 aliphatic carbocycles. The summed E-state index contributed by atoms with van der Waals surface area (Å²) in [5.41, 5.74) is 3.90. The number of amides is 1. The summed E-state index contributed by atoms with van der Waals surface area (Å²) in [6.45, 7) is 0.116. The zero-order valence-electron chi connectivity index (χ0n) is 17.9. The first-order valence-corrected chi connectivity index (χ1v) is 12.4. The molecule has 1 heterocycles. The normalized spacial score (nSPS) is 11.5. The zero-order chi connectivity index (χ0) is 22.9. The predicted octanol–water partition coefficient (Wildman–Crippen LogP) is 5.56. The Morgan fingerprint density at radius 2 is 1.42 bits per heavy atom. The topological polar surface area (TPSA) is 62.2 Å². The van der Waals surface area contributed by atoms with E-state index in [9.17, 15) is 4.79 Å². The molecule has 6 heteroatoms. The third kappa shape index (κ3) is 5.25. The molecule has 0 saturated heterocycles. The highest BCUT2D eigenvalue weighted by Crippen LogP contribution is 2.49. The third-order valence-corrected chi connectivity index (χ3v) is 7.29. The summed E-state index contributed by atoms with van der Waals surface area (Å²) in [4.78, 5) is 16.5. The number of benzene rings is 3. The first-order chi connectivity index (χ1) is 16.2. The number of rotatable bonds is 9. The fourth-order valence-electron chi connectivity index (χ4n) is 3.65. The van der Waals surface area contributed by atoms with Gasteiger partial charge in [-0.25, -0.2) is 4.98 Å². The lowest BCUT2D eigenvalue weighted by Gasteiger charge is -2.34. The second-order valence-electron chi connectivity index (χ2n) is 7.25. The van der Waals surface area contributed by atoms with Crippen LogP contribution in [0.5, 0.6) is 0 Å². The molecular weight excluding hydrogens is 448 g/mol. The van der Waals surface area contributed by atoms with Gasteiger partial charge >= 0.3 is 0 Å². The molecule has 33 heavy (non-hydrogen) atoms. The highest BCUT2D eigenvalue weighted by molar-refractivity contribution is 8.03. The van der Waals surface area contributed by atoms with Gasteiger partial charge in [0.1, 0.15) is 10.7 Å². The highest BCUT2D eigenvalue weighted by Gasteiger charge is 2.36. The number of carbonyl (C=O) groups excluding carboxylic acids is 1. The summed E-state index contributed by atoms with van der Waals surface area (Å²) in [5, 5.41) is 16.1. The van der Waals surface area contributed by atoms with Crippen LogP contribution in [0.25, 0.3) is 6.08 Å². The van der Waals surface area contributed by atoms with Gasteiger partial charge in [0.05, 0.1) is 11.4 Å². The van der Waals surface area contributed by atoms with Crippen LogP contribution in [0.15, 0.2) is 102 Å². The standard InChI is InChI=1S/C27H24N2O2S2/c30-18-17-28-26(31)24-20-32-25(29-24)16-19-33-27(21-10-4-1-5-11-21,22-12-6-2-7-13-22)23-14-8-3-9-15-23/h1-16,19-20,30H,17-18H2,(H,28,31)/b19-16-. The van der Waals surface area contributed by atoms with Crippen molar-refractivity contribution in [2.45, 2.75) is 4.75 Å². The molecule has 2 N–H and O–H groups in total. The number of aromatic nitrogens is 1. The van der Waals surface area contributed by atoms with E-state index in [1.165, 1.54) is 28.0 Å². The molecule has 4 nitrogen and oxygen atoms in total. The van der Waals surface area contributed by atoms with Gasteiger partial charge in [0.2, 0.25) is 0 Å². The van der Waals surface area contributed by atoms with E-state index in [0.717, 1.165) is 5.01 Å². The molecule has 0 bridgehead atoms. The average molecular weight is 473 g/mol. The second kappa shape index (κ2) is 11.1. The van der Waals surface area contributed by atoms with Crippen molar-refractivity contribution in [3.05, 3.63) is 129 Å². The number of aliphatic hydroxyl groups excluding tert-OH is 1. The summed E-state index contributed by atoms with van der Waals surface area (Å²) in [6, 6.07) is 31.5. The van der Waals surface area contributed by atoms with Crippen LogP contribution in [0.4, 0.5) is 0 Å². The molecule has 0 saturated carbocycles. The quantitative estimate of drug-likeness (QED) is 0.313. The molecule has 0 radical (unpaired) electrons. The Bertz CT molecular complexity index is 1100. The van der Waals surface area contributed by atoms with E-state index in [0.29, 0.717) is 5.69 Å². The average Bonchev–Trinajstić information content (AvgIpc) is 3.36. The molecule has 0 atom stereocenters. The van der Waals surface area contributed by atoms with Crippen molar-refractivity contribution in [3.63, 3.8) is 0 Å². The van der Waals surface area contributed by atoms with Crippen LogP contribution >= 0.6 is 23.1 Å². The van der Waals surface area contributed by atoms with Crippen LogP contribution in [-0.4, -0.2) is 29.1 Å². The minimum atomic E-state index is -0.446. The summed E-state index contributed by atoms with van der Waals surface area (Å²) in [7, 11) is 0. The van der Waals surface area contributed by atoms with Crippen LogP contribution < -0.4 is 5.32 Å². The molecular formula is C27H24N2O2S2. The van der Waals surface area contributed by atoms with Crippen molar-refractivity contribution < 1.29 is 9.90 Å². The van der Waals surface area contributed by atoms with Crippen LogP contribution in [0.3, 0.4) is 0 Å². The number of hydrogen-bond acceptors (Lipinski definition) is 5. The van der Waals surface area contributed by atoms with Gasteiger partial charge in [-0.1, -0.05) is 91.0 Å². The van der Waals surface area contributed by atoms with E-state index >= 15 is 0 Å². The summed E-state index contributed by atoms with van der Waals surface area (Å²) < 4.78 is -0.446. The molecule has 3 aromatic carbocycles. The fourth-order valence-corrected chi connectivity index (χ4v) is 5.64. The van der Waals surface area contributed by atoms with Gasteiger partial charge in [0.25, 0.3) is 5.91 Å². The van der Waals surface area contributed by atoms with Crippen molar-refractivity contribution in [1.29, 1.82) is 0 Å². The fraction of sp³-hybridized carbons (Fsp3) is 0.111. The molecule has 0 spiro atoms.